The second-order valence-electron chi connectivity index (χ2n) is 6.50. The number of hydrogen-bond acceptors (Lipinski definition) is 3. The second-order valence-corrected chi connectivity index (χ2v) is 6.93. The average molecular weight is 404 g/mol. The number of para-hydroxylation sites is 1. The summed E-state index contributed by atoms with van der Waals surface area (Å²) in [6, 6.07) is 16.1. The Hall–Kier alpha value is -3.84. The highest BCUT2D eigenvalue weighted by atomic mass is 35.5. The van der Waals surface area contributed by atoms with Crippen LogP contribution < -0.4 is 10.9 Å². The van der Waals surface area contributed by atoms with E-state index >= 15 is 0 Å². The minimum absolute atomic E-state index is 0.265. The van der Waals surface area contributed by atoms with Gasteiger partial charge >= 0.3 is 0 Å². The molecule has 7 nitrogen and oxygen atoms in total. The summed E-state index contributed by atoms with van der Waals surface area (Å²) in [5, 5.41) is 8.25. The second kappa shape index (κ2) is 6.65. The number of carbonyl (C=O) groups is 1. The number of halogens is 1. The van der Waals surface area contributed by atoms with Crippen molar-refractivity contribution in [3.05, 3.63) is 94.1 Å². The van der Waals surface area contributed by atoms with Crippen LogP contribution in [-0.4, -0.2) is 25.1 Å². The minimum atomic E-state index is -0.387. The van der Waals surface area contributed by atoms with Gasteiger partial charge in [-0.1, -0.05) is 23.7 Å². The molecule has 0 aliphatic heterocycles. The molecule has 0 aliphatic rings. The maximum Gasteiger partial charge on any atom is 0.261 e. The van der Waals surface area contributed by atoms with Crippen LogP contribution in [0.25, 0.3) is 22.2 Å². The van der Waals surface area contributed by atoms with Gasteiger partial charge in [0.25, 0.3) is 11.5 Å². The molecule has 2 N–H and O–H groups in total. The molecule has 1 amide bonds. The number of H-pyrrole nitrogens is 1. The van der Waals surface area contributed by atoms with Crippen molar-refractivity contribution in [3.63, 3.8) is 0 Å². The van der Waals surface area contributed by atoms with Gasteiger partial charge in [-0.05, 0) is 42.5 Å². The Morgan fingerprint density at radius 3 is 2.69 bits per heavy atom. The number of aromatic amines is 1. The van der Waals surface area contributed by atoms with E-state index in [1.165, 1.54) is 6.20 Å². The molecule has 0 atom stereocenters. The van der Waals surface area contributed by atoms with Crippen LogP contribution in [0.15, 0.2) is 78.0 Å². The molecule has 0 radical (unpaired) electrons. The topological polar surface area (TPSA) is 84.2 Å². The molecule has 2 aromatic carbocycles. The van der Waals surface area contributed by atoms with Crippen molar-refractivity contribution in [2.75, 3.05) is 5.32 Å². The van der Waals surface area contributed by atoms with E-state index in [4.69, 9.17) is 11.6 Å². The Morgan fingerprint density at radius 2 is 1.86 bits per heavy atom. The van der Waals surface area contributed by atoms with Gasteiger partial charge in [0.05, 0.1) is 28.5 Å². The van der Waals surface area contributed by atoms with E-state index < -0.39 is 0 Å². The van der Waals surface area contributed by atoms with E-state index in [1.54, 1.807) is 40.9 Å². The van der Waals surface area contributed by atoms with E-state index in [-0.39, 0.29) is 17.0 Å². The fraction of sp³-hybridized carbons (Fsp3) is 0. The van der Waals surface area contributed by atoms with Gasteiger partial charge in [-0.3, -0.25) is 9.59 Å². The number of carbonyl (C=O) groups excluding carboxylic acids is 1. The van der Waals surface area contributed by atoms with Gasteiger partial charge in [0.2, 0.25) is 0 Å². The number of rotatable bonds is 3. The third-order valence-corrected chi connectivity index (χ3v) is 4.95. The lowest BCUT2D eigenvalue weighted by Gasteiger charge is -2.12. The fourth-order valence-corrected chi connectivity index (χ4v) is 3.52. The highest BCUT2D eigenvalue weighted by molar-refractivity contribution is 6.31. The lowest BCUT2D eigenvalue weighted by atomic mass is 10.2. The van der Waals surface area contributed by atoms with E-state index in [2.05, 4.69) is 15.4 Å². The third kappa shape index (κ3) is 2.88. The van der Waals surface area contributed by atoms with Crippen LogP contribution in [0.3, 0.4) is 0 Å². The molecule has 0 saturated heterocycles. The van der Waals surface area contributed by atoms with Crippen LogP contribution >= 0.6 is 11.6 Å². The van der Waals surface area contributed by atoms with Crippen LogP contribution in [-0.2, 0) is 0 Å². The Labute approximate surface area is 169 Å². The molecule has 5 aromatic rings. The zero-order chi connectivity index (χ0) is 20.0. The average Bonchev–Trinajstić information content (AvgIpc) is 3.39. The molecule has 0 aliphatic carbocycles. The molecule has 0 unspecified atom stereocenters. The molecule has 142 valence electrons. The fourth-order valence-electron chi connectivity index (χ4n) is 3.35. The van der Waals surface area contributed by atoms with Crippen molar-refractivity contribution in [1.82, 2.24) is 19.2 Å². The number of fused-ring (bicyclic) bond motifs is 3. The minimum Gasteiger partial charge on any atom is -0.322 e. The maximum absolute atomic E-state index is 13.0. The molecular weight excluding hydrogens is 390 g/mol. The highest BCUT2D eigenvalue weighted by Crippen LogP contribution is 2.25. The van der Waals surface area contributed by atoms with E-state index in [0.29, 0.717) is 27.3 Å². The van der Waals surface area contributed by atoms with Gasteiger partial charge in [-0.15, -0.1) is 0 Å². The number of hydrogen-bond donors (Lipinski definition) is 2. The van der Waals surface area contributed by atoms with E-state index in [0.717, 1.165) is 5.69 Å². The van der Waals surface area contributed by atoms with Gasteiger partial charge in [0.15, 0.2) is 0 Å². The van der Waals surface area contributed by atoms with Crippen molar-refractivity contribution in [1.29, 1.82) is 0 Å². The Morgan fingerprint density at radius 1 is 1.07 bits per heavy atom. The Bertz CT molecular complexity index is 1430. The molecule has 0 bridgehead atoms. The summed E-state index contributed by atoms with van der Waals surface area (Å²) in [4.78, 5) is 28.2. The summed E-state index contributed by atoms with van der Waals surface area (Å²) in [7, 11) is 0. The molecular formula is C21H14ClN5O2. The van der Waals surface area contributed by atoms with Gasteiger partial charge < -0.3 is 14.9 Å². The van der Waals surface area contributed by atoms with Gasteiger partial charge in [-0.25, -0.2) is 4.52 Å². The predicted molar refractivity (Wildman–Crippen MR) is 112 cm³/mol. The first-order valence-electron chi connectivity index (χ1n) is 8.85. The summed E-state index contributed by atoms with van der Waals surface area (Å²) in [5.74, 6) is -0.387. The Kier molecular flexibility index (Phi) is 3.96. The molecule has 0 fully saturated rings. The van der Waals surface area contributed by atoms with Crippen molar-refractivity contribution >= 4 is 39.7 Å². The first-order valence-corrected chi connectivity index (χ1v) is 9.22. The zero-order valence-corrected chi connectivity index (χ0v) is 15.7. The molecule has 0 saturated carbocycles. The van der Waals surface area contributed by atoms with Crippen LogP contribution in [0, 0.1) is 0 Å². The monoisotopic (exact) mass is 403 g/mol. The summed E-state index contributed by atoms with van der Waals surface area (Å²) in [5.41, 5.74) is 2.26. The first kappa shape index (κ1) is 17.3. The number of nitrogens with one attached hydrogen (secondary N) is 2. The molecule has 29 heavy (non-hydrogen) atoms. The number of aromatic nitrogens is 4. The molecule has 0 spiro atoms. The van der Waals surface area contributed by atoms with Crippen molar-refractivity contribution in [2.24, 2.45) is 0 Å². The van der Waals surface area contributed by atoms with Crippen molar-refractivity contribution in [2.45, 2.75) is 0 Å². The number of benzene rings is 2. The first-order chi connectivity index (χ1) is 14.1. The largest absolute Gasteiger partial charge is 0.322 e. The maximum atomic E-state index is 13.0. The van der Waals surface area contributed by atoms with E-state index in [9.17, 15) is 9.59 Å². The molecule has 3 heterocycles. The standard InChI is InChI=1S/C21H14ClN5O2/c22-13-7-8-16(18(11-13)26-9-3-4-10-26)24-21(29)15-12-23-27-17-6-2-1-5-14(17)20(28)25-19(15)27/h1-12H,(H,24,29)(H,25,28). The van der Waals surface area contributed by atoms with Gasteiger partial charge in [0, 0.05) is 17.4 Å². The SMILES string of the molecule is O=C(Nc1ccc(Cl)cc1-n1cccc1)c1cnn2c1[nH]c(=O)c1ccccc12. The van der Waals surface area contributed by atoms with E-state index in [1.807, 2.05) is 35.2 Å². The quantitative estimate of drug-likeness (QED) is 0.479. The third-order valence-electron chi connectivity index (χ3n) is 4.71. The van der Waals surface area contributed by atoms with Crippen LogP contribution in [0.4, 0.5) is 5.69 Å². The zero-order valence-electron chi connectivity index (χ0n) is 15.0. The van der Waals surface area contributed by atoms with Crippen molar-refractivity contribution in [3.8, 4) is 5.69 Å². The lowest BCUT2D eigenvalue weighted by Crippen LogP contribution is -2.16. The summed E-state index contributed by atoms with van der Waals surface area (Å²) >= 11 is 6.14. The summed E-state index contributed by atoms with van der Waals surface area (Å²) < 4.78 is 3.41. The lowest BCUT2D eigenvalue weighted by molar-refractivity contribution is 0.102. The van der Waals surface area contributed by atoms with Crippen LogP contribution in [0.5, 0.6) is 0 Å². The van der Waals surface area contributed by atoms with Crippen molar-refractivity contribution < 1.29 is 4.79 Å². The normalized spacial score (nSPS) is 11.2. The molecule has 8 heteroatoms. The van der Waals surface area contributed by atoms with Crippen LogP contribution in [0.1, 0.15) is 10.4 Å². The van der Waals surface area contributed by atoms with Gasteiger partial charge in [0.1, 0.15) is 11.2 Å². The number of anilines is 1. The smallest absolute Gasteiger partial charge is 0.261 e. The van der Waals surface area contributed by atoms with Crippen LogP contribution in [0.2, 0.25) is 5.02 Å². The predicted octanol–water partition coefficient (Wildman–Crippen LogP) is 3.87. The molecule has 3 aromatic heterocycles. The number of amides is 1. The summed E-state index contributed by atoms with van der Waals surface area (Å²) in [6.07, 6.45) is 5.17. The Balaban J connectivity index is 1.59. The van der Waals surface area contributed by atoms with Gasteiger partial charge in [-0.2, -0.15) is 5.10 Å². The highest BCUT2D eigenvalue weighted by Gasteiger charge is 2.18. The molecule has 5 rings (SSSR count). The number of nitrogens with zero attached hydrogens (tertiary/aromatic N) is 3. The summed E-state index contributed by atoms with van der Waals surface area (Å²) in [6.45, 7) is 0.